The molecule has 0 aliphatic heterocycles. The second kappa shape index (κ2) is 7.38. The van der Waals surface area contributed by atoms with E-state index in [1.807, 2.05) is 31.2 Å². The topological polar surface area (TPSA) is 102 Å². The molecule has 4 aromatic rings. The Hall–Kier alpha value is -3.68. The van der Waals surface area contributed by atoms with Crippen molar-refractivity contribution in [2.45, 2.75) is 33.5 Å². The van der Waals surface area contributed by atoms with Crippen LogP contribution in [0.4, 0.5) is 0 Å². The fourth-order valence-electron chi connectivity index (χ4n) is 3.61. The molecular weight excluding hydrogens is 370 g/mol. The standard InChI is InChI=1S/C21H21N5O3/c1-3-25-16-8-6-5-7-14(16)23-18(25)12-22-19(27)13-9-10-17-15(11-13)24-20(28)21(29)26(17)4-2/h5-11H,3-4,12H2,1-2H3,(H,22,27)(H,24,28). The van der Waals surface area contributed by atoms with Crippen molar-refractivity contribution in [3.05, 3.63) is 74.6 Å². The Bertz CT molecular complexity index is 1350. The number of nitrogens with one attached hydrogen (secondary N) is 2. The molecule has 2 aromatic carbocycles. The highest BCUT2D eigenvalue weighted by molar-refractivity contribution is 5.97. The van der Waals surface area contributed by atoms with Crippen LogP contribution < -0.4 is 16.4 Å². The van der Waals surface area contributed by atoms with Crippen molar-refractivity contribution in [1.82, 2.24) is 24.4 Å². The molecule has 8 heteroatoms. The fraction of sp³-hybridized carbons (Fsp3) is 0.238. The van der Waals surface area contributed by atoms with Crippen LogP contribution in [0.2, 0.25) is 0 Å². The highest BCUT2D eigenvalue weighted by atomic mass is 16.2. The Morgan fingerprint density at radius 3 is 2.55 bits per heavy atom. The molecule has 4 rings (SSSR count). The van der Waals surface area contributed by atoms with Crippen LogP contribution in [0.1, 0.15) is 30.0 Å². The van der Waals surface area contributed by atoms with Crippen molar-refractivity contribution < 1.29 is 4.79 Å². The summed E-state index contributed by atoms with van der Waals surface area (Å²) in [4.78, 5) is 43.6. The largest absolute Gasteiger partial charge is 0.345 e. The lowest BCUT2D eigenvalue weighted by Crippen LogP contribution is -2.36. The number of rotatable bonds is 5. The van der Waals surface area contributed by atoms with Crippen LogP contribution in [0.3, 0.4) is 0 Å². The number of amides is 1. The molecule has 0 atom stereocenters. The summed E-state index contributed by atoms with van der Waals surface area (Å²) in [7, 11) is 0. The van der Waals surface area contributed by atoms with Crippen LogP contribution >= 0.6 is 0 Å². The third-order valence-corrected chi connectivity index (χ3v) is 5.01. The van der Waals surface area contributed by atoms with E-state index in [9.17, 15) is 14.4 Å². The minimum Gasteiger partial charge on any atom is -0.345 e. The minimum absolute atomic E-state index is 0.281. The molecular formula is C21H21N5O3. The Labute approximate surface area is 165 Å². The van der Waals surface area contributed by atoms with E-state index in [0.717, 1.165) is 23.4 Å². The maximum atomic E-state index is 12.7. The second-order valence-electron chi connectivity index (χ2n) is 6.68. The first kappa shape index (κ1) is 18.7. The van der Waals surface area contributed by atoms with Gasteiger partial charge in [-0.05, 0) is 44.2 Å². The molecule has 148 valence electrons. The van der Waals surface area contributed by atoms with Gasteiger partial charge in [0, 0.05) is 18.7 Å². The van der Waals surface area contributed by atoms with Gasteiger partial charge in [0.05, 0.1) is 28.6 Å². The molecule has 1 amide bonds. The minimum atomic E-state index is -0.700. The number of hydrogen-bond donors (Lipinski definition) is 2. The summed E-state index contributed by atoms with van der Waals surface area (Å²) in [5, 5.41) is 2.89. The Balaban J connectivity index is 1.62. The first-order valence-corrected chi connectivity index (χ1v) is 9.52. The van der Waals surface area contributed by atoms with Gasteiger partial charge in [-0.15, -0.1) is 0 Å². The number of benzene rings is 2. The number of carbonyl (C=O) groups is 1. The molecule has 0 saturated heterocycles. The Kier molecular flexibility index (Phi) is 4.75. The average Bonchev–Trinajstić information content (AvgIpc) is 3.10. The summed E-state index contributed by atoms with van der Waals surface area (Å²) < 4.78 is 3.45. The molecule has 0 aliphatic carbocycles. The van der Waals surface area contributed by atoms with E-state index in [1.165, 1.54) is 4.57 Å². The summed E-state index contributed by atoms with van der Waals surface area (Å²) >= 11 is 0. The molecule has 0 unspecified atom stereocenters. The van der Waals surface area contributed by atoms with Crippen molar-refractivity contribution in [2.24, 2.45) is 0 Å². The molecule has 2 N–H and O–H groups in total. The molecule has 8 nitrogen and oxygen atoms in total. The number of nitrogens with zero attached hydrogens (tertiary/aromatic N) is 3. The molecule has 29 heavy (non-hydrogen) atoms. The van der Waals surface area contributed by atoms with E-state index < -0.39 is 11.1 Å². The lowest BCUT2D eigenvalue weighted by molar-refractivity contribution is 0.0949. The van der Waals surface area contributed by atoms with Crippen molar-refractivity contribution in [3.63, 3.8) is 0 Å². The number of hydrogen-bond acceptors (Lipinski definition) is 4. The Morgan fingerprint density at radius 1 is 1.03 bits per heavy atom. The number of imidazole rings is 1. The lowest BCUT2D eigenvalue weighted by atomic mass is 10.1. The van der Waals surface area contributed by atoms with Crippen LogP contribution in [0.5, 0.6) is 0 Å². The number of para-hydroxylation sites is 2. The van der Waals surface area contributed by atoms with Gasteiger partial charge in [0.25, 0.3) is 5.91 Å². The second-order valence-corrected chi connectivity index (χ2v) is 6.68. The van der Waals surface area contributed by atoms with E-state index >= 15 is 0 Å². The average molecular weight is 391 g/mol. The van der Waals surface area contributed by atoms with Gasteiger partial charge in [0.2, 0.25) is 0 Å². The van der Waals surface area contributed by atoms with Crippen molar-refractivity contribution in [3.8, 4) is 0 Å². The third kappa shape index (κ3) is 3.22. The van der Waals surface area contributed by atoms with Crippen LogP contribution in [-0.2, 0) is 19.6 Å². The monoisotopic (exact) mass is 391 g/mol. The maximum absolute atomic E-state index is 12.7. The van der Waals surface area contributed by atoms with E-state index in [1.54, 1.807) is 25.1 Å². The maximum Gasteiger partial charge on any atom is 0.316 e. The fourth-order valence-corrected chi connectivity index (χ4v) is 3.61. The molecule has 0 aliphatic rings. The van der Waals surface area contributed by atoms with Crippen LogP contribution in [0, 0.1) is 0 Å². The SMILES string of the molecule is CCn1c(CNC(=O)c2ccc3c(c2)[nH]c(=O)c(=O)n3CC)nc2ccccc21. The number of aromatic nitrogens is 4. The zero-order valence-electron chi connectivity index (χ0n) is 16.2. The van der Waals surface area contributed by atoms with E-state index in [2.05, 4.69) is 19.9 Å². The normalized spacial score (nSPS) is 11.2. The van der Waals surface area contributed by atoms with Crippen molar-refractivity contribution >= 4 is 28.0 Å². The lowest BCUT2D eigenvalue weighted by Gasteiger charge is -2.10. The quantitative estimate of drug-likeness (QED) is 0.508. The third-order valence-electron chi connectivity index (χ3n) is 5.01. The predicted molar refractivity (Wildman–Crippen MR) is 111 cm³/mol. The molecule has 2 aromatic heterocycles. The highest BCUT2D eigenvalue weighted by Crippen LogP contribution is 2.16. The smallest absolute Gasteiger partial charge is 0.316 e. The van der Waals surface area contributed by atoms with Crippen LogP contribution in [0.15, 0.2) is 52.1 Å². The zero-order valence-corrected chi connectivity index (χ0v) is 16.2. The molecule has 2 heterocycles. The summed E-state index contributed by atoms with van der Waals surface area (Å²) in [6.07, 6.45) is 0. The van der Waals surface area contributed by atoms with Gasteiger partial charge in [-0.1, -0.05) is 12.1 Å². The summed E-state index contributed by atoms with van der Waals surface area (Å²) in [6.45, 7) is 5.23. The molecule has 0 bridgehead atoms. The van der Waals surface area contributed by atoms with E-state index in [-0.39, 0.29) is 12.5 Å². The number of aromatic amines is 1. The van der Waals surface area contributed by atoms with Gasteiger partial charge in [-0.2, -0.15) is 0 Å². The van der Waals surface area contributed by atoms with Gasteiger partial charge in [0.15, 0.2) is 0 Å². The van der Waals surface area contributed by atoms with E-state index in [4.69, 9.17) is 0 Å². The van der Waals surface area contributed by atoms with Gasteiger partial charge in [-0.3, -0.25) is 14.4 Å². The van der Waals surface area contributed by atoms with E-state index in [0.29, 0.717) is 23.1 Å². The molecule has 0 saturated carbocycles. The number of carbonyl (C=O) groups excluding carboxylic acids is 1. The number of fused-ring (bicyclic) bond motifs is 2. The first-order chi connectivity index (χ1) is 14.0. The summed E-state index contributed by atoms with van der Waals surface area (Å²) in [5.74, 6) is 0.493. The predicted octanol–water partition coefficient (Wildman–Crippen LogP) is 2.01. The van der Waals surface area contributed by atoms with Crippen LogP contribution in [0.25, 0.3) is 22.1 Å². The molecule has 0 radical (unpaired) electrons. The van der Waals surface area contributed by atoms with Gasteiger partial charge < -0.3 is 19.4 Å². The Morgan fingerprint density at radius 2 is 1.79 bits per heavy atom. The molecule has 0 fully saturated rings. The summed E-state index contributed by atoms with van der Waals surface area (Å²) in [5.41, 5.74) is 2.05. The van der Waals surface area contributed by atoms with Gasteiger partial charge in [0.1, 0.15) is 5.82 Å². The highest BCUT2D eigenvalue weighted by Gasteiger charge is 2.13. The first-order valence-electron chi connectivity index (χ1n) is 9.52. The van der Waals surface area contributed by atoms with Gasteiger partial charge in [-0.25, -0.2) is 4.98 Å². The number of aryl methyl sites for hydroxylation is 2. The van der Waals surface area contributed by atoms with Crippen molar-refractivity contribution in [1.29, 1.82) is 0 Å². The zero-order chi connectivity index (χ0) is 20.5. The van der Waals surface area contributed by atoms with Gasteiger partial charge >= 0.3 is 11.1 Å². The van der Waals surface area contributed by atoms with Crippen LogP contribution in [-0.4, -0.2) is 25.0 Å². The molecule has 0 spiro atoms. The number of H-pyrrole nitrogens is 1. The summed E-state index contributed by atoms with van der Waals surface area (Å²) in [6, 6.07) is 12.7. The van der Waals surface area contributed by atoms with Crippen molar-refractivity contribution in [2.75, 3.05) is 0 Å².